The molecule has 1 fully saturated rings. The van der Waals surface area contributed by atoms with Crippen molar-refractivity contribution >= 4 is 17.7 Å². The van der Waals surface area contributed by atoms with E-state index in [0.717, 1.165) is 19.4 Å². The average Bonchev–Trinajstić information content (AvgIpc) is 3.08. The van der Waals surface area contributed by atoms with E-state index >= 15 is 0 Å². The largest absolute Gasteiger partial charge is 0.352 e. The number of tetrazole rings is 1. The van der Waals surface area contributed by atoms with Gasteiger partial charge in [0, 0.05) is 18.1 Å². The average molecular weight is 312 g/mol. The van der Waals surface area contributed by atoms with Gasteiger partial charge < -0.3 is 10.6 Å². The van der Waals surface area contributed by atoms with Crippen LogP contribution in [0.25, 0.3) is 0 Å². The molecule has 8 heteroatoms. The molecule has 1 aromatic rings. The van der Waals surface area contributed by atoms with Crippen molar-refractivity contribution < 1.29 is 4.79 Å². The topological polar surface area (TPSA) is 84.7 Å². The van der Waals surface area contributed by atoms with Crippen LogP contribution in [-0.4, -0.2) is 49.5 Å². The highest BCUT2D eigenvalue weighted by Gasteiger charge is 2.26. The molecule has 21 heavy (non-hydrogen) atoms. The first-order valence-corrected chi connectivity index (χ1v) is 8.21. The van der Waals surface area contributed by atoms with Crippen molar-refractivity contribution in [3.63, 3.8) is 0 Å². The summed E-state index contributed by atoms with van der Waals surface area (Å²) in [5, 5.41) is 18.6. The Morgan fingerprint density at radius 2 is 2.19 bits per heavy atom. The zero-order valence-corrected chi connectivity index (χ0v) is 13.9. The number of amides is 1. The fraction of sp³-hybridized carbons (Fsp3) is 0.846. The predicted molar refractivity (Wildman–Crippen MR) is 82.1 cm³/mol. The van der Waals surface area contributed by atoms with Gasteiger partial charge in [-0.15, -0.1) is 5.10 Å². The van der Waals surface area contributed by atoms with Crippen LogP contribution in [0.3, 0.4) is 0 Å². The van der Waals surface area contributed by atoms with Gasteiger partial charge in [0.1, 0.15) is 0 Å². The van der Waals surface area contributed by atoms with E-state index in [1.165, 1.54) is 11.8 Å². The zero-order chi connectivity index (χ0) is 15.5. The second-order valence-corrected chi connectivity index (χ2v) is 7.71. The van der Waals surface area contributed by atoms with Crippen LogP contribution in [-0.2, 0) is 11.3 Å². The van der Waals surface area contributed by atoms with Crippen molar-refractivity contribution in [2.24, 2.45) is 0 Å². The summed E-state index contributed by atoms with van der Waals surface area (Å²) in [5.41, 5.74) is 0.0682. The lowest BCUT2D eigenvalue weighted by Gasteiger charge is -2.20. The summed E-state index contributed by atoms with van der Waals surface area (Å²) in [4.78, 5) is 12.0. The summed E-state index contributed by atoms with van der Waals surface area (Å²) in [6.07, 6.45) is 2.19. The number of carbonyl (C=O) groups is 1. The summed E-state index contributed by atoms with van der Waals surface area (Å²) < 4.78 is 1.74. The first-order chi connectivity index (χ1) is 9.85. The van der Waals surface area contributed by atoms with E-state index in [0.29, 0.717) is 17.7 Å². The molecule has 0 bridgehead atoms. The molecule has 1 aliphatic rings. The maximum absolute atomic E-state index is 12.0. The molecule has 1 amide bonds. The molecule has 0 radical (unpaired) electrons. The predicted octanol–water partition coefficient (Wildman–Crippen LogP) is 0.820. The van der Waals surface area contributed by atoms with Crippen molar-refractivity contribution in [3.8, 4) is 0 Å². The maximum Gasteiger partial charge on any atom is 0.233 e. The Morgan fingerprint density at radius 1 is 1.48 bits per heavy atom. The standard InChI is InChI=1S/C13H24N6OS/c1-9(11(20)15-10-5-6-10)21-12-16-17-18-19(12)8-7-14-13(2,3)4/h9-10,14H,5-8H2,1-4H3,(H,15,20). The first-order valence-electron chi connectivity index (χ1n) is 7.33. The normalized spacial score (nSPS) is 16.8. The smallest absolute Gasteiger partial charge is 0.233 e. The Balaban J connectivity index is 1.82. The van der Waals surface area contributed by atoms with Gasteiger partial charge in [-0.1, -0.05) is 11.8 Å². The van der Waals surface area contributed by atoms with Crippen molar-refractivity contribution in [2.75, 3.05) is 6.54 Å². The monoisotopic (exact) mass is 312 g/mol. The van der Waals surface area contributed by atoms with E-state index < -0.39 is 0 Å². The second-order valence-electron chi connectivity index (χ2n) is 6.40. The zero-order valence-electron chi connectivity index (χ0n) is 13.1. The van der Waals surface area contributed by atoms with Crippen molar-refractivity contribution in [1.29, 1.82) is 0 Å². The van der Waals surface area contributed by atoms with E-state index in [2.05, 4.69) is 46.9 Å². The van der Waals surface area contributed by atoms with Gasteiger partial charge in [-0.05, 0) is 51.0 Å². The van der Waals surface area contributed by atoms with Crippen molar-refractivity contribution in [2.45, 2.75) is 69.1 Å². The molecule has 0 saturated heterocycles. The third kappa shape index (κ3) is 5.62. The lowest BCUT2D eigenvalue weighted by molar-refractivity contribution is -0.120. The fourth-order valence-corrected chi connectivity index (χ4v) is 2.54. The van der Waals surface area contributed by atoms with Gasteiger partial charge in [0.2, 0.25) is 11.1 Å². The number of carbonyl (C=O) groups excluding carboxylic acids is 1. The molecule has 1 aliphatic carbocycles. The minimum atomic E-state index is -0.189. The number of aromatic nitrogens is 4. The lowest BCUT2D eigenvalue weighted by atomic mass is 10.1. The van der Waals surface area contributed by atoms with Gasteiger partial charge in [0.25, 0.3) is 0 Å². The van der Waals surface area contributed by atoms with Crippen LogP contribution < -0.4 is 10.6 Å². The molecule has 118 valence electrons. The van der Waals surface area contributed by atoms with Crippen LogP contribution in [0.5, 0.6) is 0 Å². The molecule has 1 aromatic heterocycles. The maximum atomic E-state index is 12.0. The number of nitrogens with zero attached hydrogens (tertiary/aromatic N) is 4. The summed E-state index contributed by atoms with van der Waals surface area (Å²) >= 11 is 1.40. The number of hydrogen-bond donors (Lipinski definition) is 2. The Labute approximate surface area is 129 Å². The van der Waals surface area contributed by atoms with E-state index in [1.807, 2.05) is 6.92 Å². The van der Waals surface area contributed by atoms with Crippen LogP contribution in [0.15, 0.2) is 5.16 Å². The molecular weight excluding hydrogens is 288 g/mol. The van der Waals surface area contributed by atoms with Gasteiger partial charge in [0.05, 0.1) is 11.8 Å². The molecule has 1 saturated carbocycles. The molecule has 1 heterocycles. The summed E-state index contributed by atoms with van der Waals surface area (Å²) in [7, 11) is 0. The van der Waals surface area contributed by atoms with Crippen LogP contribution in [0.4, 0.5) is 0 Å². The third-order valence-corrected chi connectivity index (χ3v) is 4.12. The first kappa shape index (κ1) is 16.2. The highest BCUT2D eigenvalue weighted by molar-refractivity contribution is 8.00. The van der Waals surface area contributed by atoms with E-state index in [4.69, 9.17) is 0 Å². The van der Waals surface area contributed by atoms with Crippen LogP contribution in [0.1, 0.15) is 40.5 Å². The molecule has 0 aromatic carbocycles. The molecule has 2 N–H and O–H groups in total. The van der Waals surface area contributed by atoms with E-state index in [1.54, 1.807) is 4.68 Å². The van der Waals surface area contributed by atoms with Crippen LogP contribution >= 0.6 is 11.8 Å². The fourth-order valence-electron chi connectivity index (χ4n) is 1.72. The Kier molecular flexibility index (Phi) is 5.21. The number of nitrogens with one attached hydrogen (secondary N) is 2. The van der Waals surface area contributed by atoms with E-state index in [-0.39, 0.29) is 16.7 Å². The van der Waals surface area contributed by atoms with Crippen LogP contribution in [0, 0.1) is 0 Å². The second kappa shape index (κ2) is 6.74. The Bertz CT molecular complexity index is 479. The summed E-state index contributed by atoms with van der Waals surface area (Å²) in [6, 6.07) is 0.382. The number of thioether (sulfide) groups is 1. The van der Waals surface area contributed by atoms with Crippen molar-refractivity contribution in [3.05, 3.63) is 0 Å². The molecule has 1 unspecified atom stereocenters. The van der Waals surface area contributed by atoms with Gasteiger partial charge in [0.15, 0.2) is 0 Å². The van der Waals surface area contributed by atoms with Gasteiger partial charge in [-0.25, -0.2) is 4.68 Å². The minimum Gasteiger partial charge on any atom is -0.352 e. The van der Waals surface area contributed by atoms with Crippen molar-refractivity contribution in [1.82, 2.24) is 30.8 Å². The number of rotatable bonds is 7. The SMILES string of the molecule is CC(Sc1nnnn1CCNC(C)(C)C)C(=O)NC1CC1. The molecule has 2 rings (SSSR count). The highest BCUT2D eigenvalue weighted by atomic mass is 32.2. The van der Waals surface area contributed by atoms with Gasteiger partial charge in [-0.2, -0.15) is 0 Å². The Morgan fingerprint density at radius 3 is 2.81 bits per heavy atom. The molecule has 0 aliphatic heterocycles. The Hall–Kier alpha value is -1.15. The summed E-state index contributed by atoms with van der Waals surface area (Å²) in [5.74, 6) is 0.0601. The quantitative estimate of drug-likeness (QED) is 0.725. The number of hydrogen-bond acceptors (Lipinski definition) is 6. The van der Waals surface area contributed by atoms with E-state index in [9.17, 15) is 4.79 Å². The molecule has 0 spiro atoms. The van der Waals surface area contributed by atoms with Gasteiger partial charge >= 0.3 is 0 Å². The summed E-state index contributed by atoms with van der Waals surface area (Å²) in [6.45, 7) is 9.70. The van der Waals surface area contributed by atoms with Gasteiger partial charge in [-0.3, -0.25) is 4.79 Å². The molecule has 7 nitrogen and oxygen atoms in total. The third-order valence-electron chi connectivity index (χ3n) is 3.05. The lowest BCUT2D eigenvalue weighted by Crippen LogP contribution is -2.38. The molecular formula is C13H24N6OS. The molecule has 1 atom stereocenters. The minimum absolute atomic E-state index is 0.0601. The van der Waals surface area contributed by atoms with Crippen LogP contribution in [0.2, 0.25) is 0 Å². The highest BCUT2D eigenvalue weighted by Crippen LogP contribution is 2.23.